The van der Waals surface area contributed by atoms with Gasteiger partial charge in [0, 0.05) is 44.9 Å². The van der Waals surface area contributed by atoms with E-state index in [2.05, 4.69) is 0 Å². The molecule has 1 unspecified atom stereocenters. The maximum Gasteiger partial charge on any atom is 0.329 e. The van der Waals surface area contributed by atoms with Crippen LogP contribution >= 0.6 is 0 Å². The Morgan fingerprint density at radius 2 is 1.56 bits per heavy atom. The molecule has 2 bridgehead atoms. The van der Waals surface area contributed by atoms with Crippen molar-refractivity contribution in [3.8, 4) is 0 Å². The number of ether oxygens (including phenoxy) is 4. The number of carbonyl (C=O) groups is 5. The Balaban J connectivity index is 1.69. The number of nitrogens with zero attached hydrogens (tertiary/aromatic N) is 1. The lowest BCUT2D eigenvalue weighted by Gasteiger charge is -2.42. The molecule has 13 nitrogen and oxygen atoms in total. The maximum atomic E-state index is 14.3. The number of rotatable bonds is 5. The molecule has 4 rings (SSSR count). The van der Waals surface area contributed by atoms with Crippen LogP contribution in [0.25, 0.3) is 0 Å². The number of amides is 1. The molecule has 64 heavy (non-hydrogen) atoms. The van der Waals surface area contributed by atoms with Crippen molar-refractivity contribution >= 4 is 29.2 Å². The molecule has 3 N–H and O–H groups in total. The van der Waals surface area contributed by atoms with Crippen LogP contribution in [0.4, 0.5) is 0 Å². The third kappa shape index (κ3) is 13.9. The summed E-state index contributed by atoms with van der Waals surface area (Å²) in [6.45, 7) is 15.0. The van der Waals surface area contributed by atoms with Gasteiger partial charge in [0.25, 0.3) is 11.7 Å². The van der Waals surface area contributed by atoms with Gasteiger partial charge in [0.1, 0.15) is 30.1 Å². The summed E-state index contributed by atoms with van der Waals surface area (Å²) in [5, 5.41) is 33.8. The summed E-state index contributed by atoms with van der Waals surface area (Å²) in [5.41, 5.74) is 1.46. The van der Waals surface area contributed by atoms with Crippen molar-refractivity contribution in [2.75, 3.05) is 20.8 Å². The first-order valence-electron chi connectivity index (χ1n) is 23.9. The number of aliphatic hydroxyl groups is 3. The average Bonchev–Trinajstić information content (AvgIpc) is 3.26. The SMILES string of the molecule is CO[C@@H]1C[C@H](C[C@@H](C)[C@@H]2CC(=O)[C@H](C)/C=C(\C)[C@@H](O)[C@@H](OC)C(=O)[C@H](C)CC(C)/C=C/C=C/C=C(\C)[C@@H](C)C[C@@H]3CC[C@@H](C)[C@@](O)(O3)C(=O)C(=O)N3CCCC[C@H]3C(=O)O2)CC[C@H]1O. The molecule has 1 amide bonds. The Kier molecular flexibility index (Phi) is 20.4. The van der Waals surface area contributed by atoms with E-state index in [1.54, 1.807) is 34.0 Å². The molecule has 360 valence electrons. The van der Waals surface area contributed by atoms with Crippen LogP contribution in [0, 0.1) is 41.4 Å². The molecule has 3 fully saturated rings. The number of aliphatic hydroxyl groups excluding tert-OH is 2. The molecule has 4 aliphatic rings. The smallest absolute Gasteiger partial charge is 0.329 e. The van der Waals surface area contributed by atoms with Crippen molar-refractivity contribution in [3.05, 3.63) is 47.6 Å². The summed E-state index contributed by atoms with van der Waals surface area (Å²) in [6, 6.07) is -1.12. The van der Waals surface area contributed by atoms with Crippen molar-refractivity contribution in [3.63, 3.8) is 0 Å². The van der Waals surface area contributed by atoms with Crippen LogP contribution in [0.1, 0.15) is 132 Å². The second-order valence-corrected chi connectivity index (χ2v) is 19.8. The van der Waals surface area contributed by atoms with Crippen LogP contribution in [0.2, 0.25) is 0 Å². The first-order chi connectivity index (χ1) is 30.2. The fraction of sp³-hybridized carbons (Fsp3) is 0.745. The van der Waals surface area contributed by atoms with Crippen LogP contribution in [0.5, 0.6) is 0 Å². The Bertz CT molecular complexity index is 1740. The zero-order valence-corrected chi connectivity index (χ0v) is 40.2. The summed E-state index contributed by atoms with van der Waals surface area (Å²) in [5.74, 6) is -7.66. The number of ketones is 3. The van der Waals surface area contributed by atoms with Gasteiger partial charge in [0.2, 0.25) is 5.79 Å². The number of cyclic esters (lactones) is 1. The number of Topliss-reactive ketones (excluding diaryl/α,β-unsaturated/α-hetero) is 3. The van der Waals surface area contributed by atoms with Gasteiger partial charge in [-0.15, -0.1) is 0 Å². The van der Waals surface area contributed by atoms with Crippen LogP contribution in [0.15, 0.2) is 47.6 Å². The van der Waals surface area contributed by atoms with E-state index in [1.807, 2.05) is 65.0 Å². The van der Waals surface area contributed by atoms with Crippen molar-refractivity contribution in [2.24, 2.45) is 41.4 Å². The number of allylic oxidation sites excluding steroid dienone is 7. The molecule has 13 heteroatoms. The zero-order chi connectivity index (χ0) is 47.5. The lowest BCUT2D eigenvalue weighted by molar-refractivity contribution is -0.264. The van der Waals surface area contributed by atoms with Gasteiger partial charge in [-0.3, -0.25) is 19.2 Å². The van der Waals surface area contributed by atoms with Crippen LogP contribution < -0.4 is 0 Å². The van der Waals surface area contributed by atoms with Crippen LogP contribution in [-0.4, -0.2) is 119 Å². The normalized spacial score (nSPS) is 40.9. The molecule has 0 aromatic heterocycles. The number of carbonyl (C=O) groups excluding carboxylic acids is 5. The van der Waals surface area contributed by atoms with Gasteiger partial charge in [-0.25, -0.2) is 4.79 Å². The van der Waals surface area contributed by atoms with Crippen LogP contribution in [-0.2, 0) is 42.9 Å². The highest BCUT2D eigenvalue weighted by molar-refractivity contribution is 6.39. The minimum Gasteiger partial charge on any atom is -0.460 e. The Morgan fingerprint density at radius 1 is 0.844 bits per heavy atom. The summed E-state index contributed by atoms with van der Waals surface area (Å²) < 4.78 is 23.6. The van der Waals surface area contributed by atoms with Crippen LogP contribution in [0.3, 0.4) is 0 Å². The summed E-state index contributed by atoms with van der Waals surface area (Å²) in [7, 11) is 2.95. The molecule has 1 saturated carbocycles. The molecule has 0 spiro atoms. The van der Waals surface area contributed by atoms with Crippen molar-refractivity contribution in [1.29, 1.82) is 0 Å². The molecule has 3 heterocycles. The summed E-state index contributed by atoms with van der Waals surface area (Å²) in [4.78, 5) is 71.7. The fourth-order valence-corrected chi connectivity index (χ4v) is 10.0. The predicted molar refractivity (Wildman–Crippen MR) is 244 cm³/mol. The van der Waals surface area contributed by atoms with E-state index < -0.39 is 77.8 Å². The highest BCUT2D eigenvalue weighted by atomic mass is 16.6. The molecule has 15 atom stereocenters. The largest absolute Gasteiger partial charge is 0.460 e. The lowest BCUT2D eigenvalue weighted by Crippen LogP contribution is -2.60. The van der Waals surface area contributed by atoms with Gasteiger partial charge in [-0.2, -0.15) is 0 Å². The van der Waals surface area contributed by atoms with Crippen molar-refractivity contribution in [1.82, 2.24) is 4.90 Å². The Labute approximate surface area is 382 Å². The van der Waals surface area contributed by atoms with Gasteiger partial charge in [-0.1, -0.05) is 83.6 Å². The van der Waals surface area contributed by atoms with E-state index in [0.29, 0.717) is 63.4 Å². The summed E-state index contributed by atoms with van der Waals surface area (Å²) >= 11 is 0. The van der Waals surface area contributed by atoms with E-state index in [-0.39, 0.29) is 60.7 Å². The molecule has 3 aliphatic heterocycles. The standard InChI is InChI=1S/C51H79NO12/c1-30-16-12-11-13-17-31(2)32(3)27-39-21-19-37(8)51(60,64-39)48(57)49(58)52-23-15-14-18-40(52)50(59)63-43(34(5)26-38-20-22-41(53)44(28-38)61-9)29-42(54)33(4)25-36(7)46(56)47(62-10)45(55)35(6)24-30/h11-13,16-17,25,30,32-35,37-41,43-44,46-47,53,56,60H,14-15,18-24,26-29H2,1-10H3/b13-11+,16-12+,31-17+,36-25+/t30?,32-,33+,34+,35+,37+,38-,39-,40-,41+,43-,44+,46+,47-,51+/m0/s1. The topological polar surface area (TPSA) is 186 Å². The van der Waals surface area contributed by atoms with Crippen molar-refractivity contribution < 1.29 is 58.2 Å². The molecule has 2 saturated heterocycles. The quantitative estimate of drug-likeness (QED) is 0.149. The van der Waals surface area contributed by atoms with E-state index in [0.717, 1.165) is 12.0 Å². The monoisotopic (exact) mass is 898 g/mol. The molecular formula is C51H79NO12. The zero-order valence-electron chi connectivity index (χ0n) is 40.2. The molecular weight excluding hydrogens is 819 g/mol. The number of fused-ring (bicyclic) bond motifs is 3. The molecule has 0 aromatic rings. The third-order valence-corrected chi connectivity index (χ3v) is 14.6. The second kappa shape index (κ2) is 24.4. The van der Waals surface area contributed by atoms with E-state index in [1.165, 1.54) is 12.0 Å². The number of piperidine rings is 1. The Hall–Kier alpha value is -3.33. The number of esters is 1. The van der Waals surface area contributed by atoms with E-state index in [9.17, 15) is 39.3 Å². The van der Waals surface area contributed by atoms with Gasteiger partial charge >= 0.3 is 5.97 Å². The van der Waals surface area contributed by atoms with E-state index in [4.69, 9.17) is 18.9 Å². The number of hydrogen-bond acceptors (Lipinski definition) is 12. The number of hydrogen-bond donors (Lipinski definition) is 3. The van der Waals surface area contributed by atoms with Crippen molar-refractivity contribution in [2.45, 2.75) is 181 Å². The molecule has 0 aromatic carbocycles. The predicted octanol–water partition coefficient (Wildman–Crippen LogP) is 6.80. The lowest BCUT2D eigenvalue weighted by atomic mass is 9.78. The highest BCUT2D eigenvalue weighted by Gasteiger charge is 2.53. The van der Waals surface area contributed by atoms with E-state index >= 15 is 0 Å². The molecule has 1 aliphatic carbocycles. The third-order valence-electron chi connectivity index (χ3n) is 14.6. The molecule has 0 radical (unpaired) electrons. The summed E-state index contributed by atoms with van der Waals surface area (Å²) in [6.07, 6.45) is 12.5. The minimum atomic E-state index is -2.37. The second-order valence-electron chi connectivity index (χ2n) is 19.8. The minimum absolute atomic E-state index is 0.0315. The van der Waals surface area contributed by atoms with Gasteiger partial charge < -0.3 is 39.2 Å². The Morgan fingerprint density at radius 3 is 2.25 bits per heavy atom. The van der Waals surface area contributed by atoms with Gasteiger partial charge in [0.15, 0.2) is 5.78 Å². The average molecular weight is 898 g/mol. The fourth-order valence-electron chi connectivity index (χ4n) is 10.0. The van der Waals surface area contributed by atoms with Gasteiger partial charge in [-0.05, 0) is 114 Å². The number of methoxy groups -OCH3 is 2. The highest BCUT2D eigenvalue weighted by Crippen LogP contribution is 2.38. The first-order valence-corrected chi connectivity index (χ1v) is 23.9. The van der Waals surface area contributed by atoms with Gasteiger partial charge in [0.05, 0.1) is 18.3 Å². The maximum absolute atomic E-state index is 14.3. The first kappa shape index (κ1) is 53.3.